The minimum atomic E-state index is 0.0416. The van der Waals surface area contributed by atoms with Crippen LogP contribution < -0.4 is 0 Å². The summed E-state index contributed by atoms with van der Waals surface area (Å²) < 4.78 is 5.91. The summed E-state index contributed by atoms with van der Waals surface area (Å²) in [4.78, 5) is 12.0. The predicted octanol–water partition coefficient (Wildman–Crippen LogP) is 4.24. The lowest BCUT2D eigenvalue weighted by Crippen LogP contribution is -2.44. The molecule has 2 heteroatoms. The lowest BCUT2D eigenvalue weighted by molar-refractivity contribution is -0.162. The van der Waals surface area contributed by atoms with E-state index in [9.17, 15) is 4.79 Å². The molecule has 3 rings (SSSR count). The minimum absolute atomic E-state index is 0.0416. The van der Waals surface area contributed by atoms with Gasteiger partial charge in [0.15, 0.2) is 0 Å². The Bertz CT molecular complexity index is 373. The molecule has 0 N–H and O–H groups in total. The van der Waals surface area contributed by atoms with E-state index >= 15 is 0 Å². The third-order valence-corrected chi connectivity index (χ3v) is 5.56. The number of ether oxygens (including phenoxy) is 1. The van der Waals surface area contributed by atoms with Crippen molar-refractivity contribution in [1.82, 2.24) is 0 Å². The number of allylic oxidation sites excluding steroid dienone is 2. The third-order valence-electron chi connectivity index (χ3n) is 5.56. The van der Waals surface area contributed by atoms with Gasteiger partial charge < -0.3 is 4.74 Å². The Morgan fingerprint density at radius 2 is 2.26 bits per heavy atom. The van der Waals surface area contributed by atoms with E-state index in [1.54, 1.807) is 0 Å². The number of hydrogen-bond acceptors (Lipinski definition) is 2. The maximum absolute atomic E-state index is 12.0. The summed E-state index contributed by atoms with van der Waals surface area (Å²) in [6.07, 6.45) is 15.1. The number of esters is 1. The molecule has 0 saturated heterocycles. The number of carbonyl (C=O) groups is 1. The second-order valence-electron chi connectivity index (χ2n) is 6.75. The van der Waals surface area contributed by atoms with Gasteiger partial charge in [-0.3, -0.25) is 4.79 Å². The summed E-state index contributed by atoms with van der Waals surface area (Å²) >= 11 is 0. The van der Waals surface area contributed by atoms with E-state index in [2.05, 4.69) is 19.1 Å². The maximum atomic E-state index is 12.0. The first-order valence-electron chi connectivity index (χ1n) is 8.12. The summed E-state index contributed by atoms with van der Waals surface area (Å²) in [6.45, 7) is 2.12. The average Bonchev–Trinajstić information content (AvgIpc) is 3.00. The molecule has 2 fully saturated rings. The molecule has 0 aromatic carbocycles. The van der Waals surface area contributed by atoms with E-state index < -0.39 is 0 Å². The highest BCUT2D eigenvalue weighted by Crippen LogP contribution is 2.59. The Kier molecular flexibility index (Phi) is 3.68. The quantitative estimate of drug-likeness (QED) is 0.559. The molecular weight excluding hydrogens is 236 g/mol. The Labute approximate surface area is 116 Å². The van der Waals surface area contributed by atoms with Crippen LogP contribution in [-0.4, -0.2) is 12.1 Å². The molecule has 2 saturated carbocycles. The minimum Gasteiger partial charge on any atom is -0.462 e. The summed E-state index contributed by atoms with van der Waals surface area (Å²) in [7, 11) is 0. The summed E-state index contributed by atoms with van der Waals surface area (Å²) in [5.41, 5.74) is 0.305. The molecule has 19 heavy (non-hydrogen) atoms. The average molecular weight is 262 g/mol. The van der Waals surface area contributed by atoms with Gasteiger partial charge in [-0.05, 0) is 50.4 Å². The van der Waals surface area contributed by atoms with E-state index in [4.69, 9.17) is 4.74 Å². The van der Waals surface area contributed by atoms with Crippen LogP contribution in [-0.2, 0) is 9.53 Å². The molecule has 2 nitrogen and oxygen atoms in total. The van der Waals surface area contributed by atoms with Crippen LogP contribution in [0.25, 0.3) is 0 Å². The molecule has 0 heterocycles. The number of fused-ring (bicyclic) bond motifs is 3. The second-order valence-corrected chi connectivity index (χ2v) is 6.75. The van der Waals surface area contributed by atoms with Gasteiger partial charge in [-0.1, -0.05) is 31.9 Å². The van der Waals surface area contributed by atoms with Crippen molar-refractivity contribution in [3.05, 3.63) is 12.2 Å². The monoisotopic (exact) mass is 262 g/mol. The van der Waals surface area contributed by atoms with Crippen molar-refractivity contribution in [2.45, 2.75) is 70.8 Å². The van der Waals surface area contributed by atoms with Crippen molar-refractivity contribution in [2.75, 3.05) is 0 Å². The van der Waals surface area contributed by atoms with Crippen molar-refractivity contribution >= 4 is 5.97 Å². The van der Waals surface area contributed by atoms with Crippen LogP contribution in [0.4, 0.5) is 0 Å². The van der Waals surface area contributed by atoms with Gasteiger partial charge in [0.25, 0.3) is 0 Å². The summed E-state index contributed by atoms with van der Waals surface area (Å²) in [6, 6.07) is 0. The first kappa shape index (κ1) is 13.2. The van der Waals surface area contributed by atoms with Crippen molar-refractivity contribution in [1.29, 1.82) is 0 Å². The molecular formula is C17H26O2. The van der Waals surface area contributed by atoms with E-state index in [0.717, 1.165) is 25.2 Å². The van der Waals surface area contributed by atoms with E-state index in [1.807, 2.05) is 0 Å². The normalized spacial score (nSPS) is 39.9. The van der Waals surface area contributed by atoms with Gasteiger partial charge >= 0.3 is 5.97 Å². The number of hydrogen-bond donors (Lipinski definition) is 0. The zero-order valence-electron chi connectivity index (χ0n) is 12.1. The molecule has 4 atom stereocenters. The maximum Gasteiger partial charge on any atom is 0.306 e. The third kappa shape index (κ3) is 2.34. The van der Waals surface area contributed by atoms with Crippen LogP contribution in [0.3, 0.4) is 0 Å². The summed E-state index contributed by atoms with van der Waals surface area (Å²) in [5.74, 6) is 1.49. The Balaban J connectivity index is 1.68. The first-order valence-corrected chi connectivity index (χ1v) is 8.12. The number of carbonyl (C=O) groups excluding carboxylic acids is 1. The highest BCUT2D eigenvalue weighted by Gasteiger charge is 2.54. The van der Waals surface area contributed by atoms with Crippen LogP contribution in [0.1, 0.15) is 64.7 Å². The Hall–Kier alpha value is -0.790. The zero-order chi connectivity index (χ0) is 13.3. The molecule has 106 valence electrons. The molecule has 0 amide bonds. The Morgan fingerprint density at radius 3 is 2.95 bits per heavy atom. The molecule has 4 unspecified atom stereocenters. The smallest absolute Gasteiger partial charge is 0.306 e. The van der Waals surface area contributed by atoms with Crippen molar-refractivity contribution in [2.24, 2.45) is 17.3 Å². The topological polar surface area (TPSA) is 26.3 Å². The van der Waals surface area contributed by atoms with Gasteiger partial charge in [-0.2, -0.15) is 0 Å². The van der Waals surface area contributed by atoms with Crippen LogP contribution >= 0.6 is 0 Å². The predicted molar refractivity (Wildman–Crippen MR) is 75.7 cm³/mol. The lowest BCUT2D eigenvalue weighted by atomic mass is 9.64. The van der Waals surface area contributed by atoms with Gasteiger partial charge in [-0.15, -0.1) is 0 Å². The fourth-order valence-electron chi connectivity index (χ4n) is 4.60. The summed E-state index contributed by atoms with van der Waals surface area (Å²) in [5, 5.41) is 0. The van der Waals surface area contributed by atoms with E-state index in [-0.39, 0.29) is 12.1 Å². The molecule has 2 bridgehead atoms. The fraction of sp³-hybridized carbons (Fsp3) is 0.824. The van der Waals surface area contributed by atoms with Gasteiger partial charge in [0, 0.05) is 11.8 Å². The Morgan fingerprint density at radius 1 is 1.37 bits per heavy atom. The van der Waals surface area contributed by atoms with Gasteiger partial charge in [0.2, 0.25) is 0 Å². The van der Waals surface area contributed by atoms with E-state index in [0.29, 0.717) is 17.8 Å². The van der Waals surface area contributed by atoms with Crippen LogP contribution in [0, 0.1) is 17.3 Å². The van der Waals surface area contributed by atoms with Gasteiger partial charge in [0.05, 0.1) is 0 Å². The molecule has 1 spiro atoms. The number of rotatable bonds is 4. The highest BCUT2D eigenvalue weighted by molar-refractivity contribution is 5.69. The molecule has 0 radical (unpaired) electrons. The first-order chi connectivity index (χ1) is 9.24. The van der Waals surface area contributed by atoms with Crippen molar-refractivity contribution in [3.63, 3.8) is 0 Å². The van der Waals surface area contributed by atoms with Crippen LogP contribution in [0.15, 0.2) is 12.2 Å². The highest BCUT2D eigenvalue weighted by atomic mass is 16.5. The van der Waals surface area contributed by atoms with Crippen LogP contribution in [0.5, 0.6) is 0 Å². The largest absolute Gasteiger partial charge is 0.462 e. The number of unbranched alkanes of at least 4 members (excludes halogenated alkanes) is 1. The lowest BCUT2D eigenvalue weighted by Gasteiger charge is -2.45. The molecule has 3 aliphatic carbocycles. The second kappa shape index (κ2) is 5.30. The molecule has 0 aromatic heterocycles. The molecule has 3 aliphatic rings. The fourth-order valence-corrected chi connectivity index (χ4v) is 4.60. The zero-order valence-corrected chi connectivity index (χ0v) is 12.1. The SMILES string of the molecule is CCCCC(=O)OC1CCCCC12CC1C=CC2C1. The standard InChI is InChI=1S/C17H26O2/c1-2-3-7-16(18)19-15-6-4-5-10-17(15)12-13-8-9-14(17)11-13/h8-9,13-15H,2-7,10-12H2,1H3. The van der Waals surface area contributed by atoms with Crippen molar-refractivity contribution < 1.29 is 9.53 Å². The van der Waals surface area contributed by atoms with Crippen molar-refractivity contribution in [3.8, 4) is 0 Å². The van der Waals surface area contributed by atoms with Gasteiger partial charge in [-0.25, -0.2) is 0 Å². The van der Waals surface area contributed by atoms with Gasteiger partial charge in [0.1, 0.15) is 6.10 Å². The molecule has 0 aromatic rings. The van der Waals surface area contributed by atoms with Crippen LogP contribution in [0.2, 0.25) is 0 Å². The van der Waals surface area contributed by atoms with E-state index in [1.165, 1.54) is 32.1 Å². The molecule has 0 aliphatic heterocycles.